The second kappa shape index (κ2) is 6.84. The first-order chi connectivity index (χ1) is 11.5. The van der Waals surface area contributed by atoms with Crippen molar-refractivity contribution in [3.05, 3.63) is 33.8 Å². The molecule has 1 aromatic carbocycles. The fourth-order valence-corrected chi connectivity index (χ4v) is 3.16. The summed E-state index contributed by atoms with van der Waals surface area (Å²) in [6.07, 6.45) is 0.719. The van der Waals surface area contributed by atoms with E-state index in [0.717, 1.165) is 11.3 Å². The second-order valence-electron chi connectivity index (χ2n) is 6.86. The molecule has 25 heavy (non-hydrogen) atoms. The fourth-order valence-electron chi connectivity index (χ4n) is 2.57. The Balaban J connectivity index is 2.23. The summed E-state index contributed by atoms with van der Waals surface area (Å²) in [7, 11) is 0. The lowest BCUT2D eigenvalue weighted by Crippen LogP contribution is -2.49. The lowest BCUT2D eigenvalue weighted by Gasteiger charge is -2.26. The Hall–Kier alpha value is -1.79. The van der Waals surface area contributed by atoms with Crippen LogP contribution in [0.5, 0.6) is 0 Å². The van der Waals surface area contributed by atoms with Crippen molar-refractivity contribution in [1.82, 2.24) is 15.5 Å². The molecule has 1 atom stereocenters. The molecule has 8 heteroatoms. The number of benzene rings is 1. The maximum atomic E-state index is 12.8. The van der Waals surface area contributed by atoms with E-state index >= 15 is 0 Å². The van der Waals surface area contributed by atoms with Crippen LogP contribution in [-0.4, -0.2) is 34.8 Å². The first-order valence-corrected chi connectivity index (χ1v) is 8.66. The first kappa shape index (κ1) is 19.5. The van der Waals surface area contributed by atoms with Gasteiger partial charge in [-0.15, -0.1) is 0 Å². The summed E-state index contributed by atoms with van der Waals surface area (Å²) in [6.45, 7) is 6.88. The molecule has 1 heterocycles. The normalized spacial score (nSPS) is 20.6. The van der Waals surface area contributed by atoms with Gasteiger partial charge in [-0.05, 0) is 39.3 Å². The Labute approximate surface area is 156 Å². The van der Waals surface area contributed by atoms with E-state index in [9.17, 15) is 14.4 Å². The SMILES string of the molecule is CCC(C)(C)NC(=O)CN1C(=O)N[C@](C)(c2ccc(Cl)cc2Cl)C1=O. The van der Waals surface area contributed by atoms with Crippen LogP contribution in [0.1, 0.15) is 39.7 Å². The smallest absolute Gasteiger partial charge is 0.325 e. The minimum atomic E-state index is -1.35. The largest absolute Gasteiger partial charge is 0.350 e. The number of amides is 4. The number of urea groups is 1. The highest BCUT2D eigenvalue weighted by Crippen LogP contribution is 2.34. The Kier molecular flexibility index (Phi) is 5.35. The zero-order valence-electron chi connectivity index (χ0n) is 14.6. The van der Waals surface area contributed by atoms with E-state index in [0.29, 0.717) is 10.6 Å². The molecule has 1 aromatic rings. The minimum absolute atomic E-state index is 0.266. The summed E-state index contributed by atoms with van der Waals surface area (Å²) in [5.74, 6) is -0.937. The maximum absolute atomic E-state index is 12.8. The number of imide groups is 1. The zero-order chi connectivity index (χ0) is 19.0. The third-order valence-electron chi connectivity index (χ3n) is 4.41. The quantitative estimate of drug-likeness (QED) is 0.764. The predicted octanol–water partition coefficient (Wildman–Crippen LogP) is 3.07. The highest BCUT2D eigenvalue weighted by atomic mass is 35.5. The maximum Gasteiger partial charge on any atom is 0.325 e. The monoisotopic (exact) mass is 385 g/mol. The number of rotatable bonds is 5. The molecule has 0 saturated carbocycles. The van der Waals surface area contributed by atoms with E-state index in [1.807, 2.05) is 20.8 Å². The summed E-state index contributed by atoms with van der Waals surface area (Å²) in [5.41, 5.74) is -1.34. The lowest BCUT2D eigenvalue weighted by molar-refractivity contribution is -0.135. The van der Waals surface area contributed by atoms with Crippen molar-refractivity contribution in [2.75, 3.05) is 6.54 Å². The molecule has 0 spiro atoms. The van der Waals surface area contributed by atoms with Crippen LogP contribution in [0, 0.1) is 0 Å². The van der Waals surface area contributed by atoms with Gasteiger partial charge in [0, 0.05) is 21.1 Å². The van der Waals surface area contributed by atoms with Gasteiger partial charge >= 0.3 is 6.03 Å². The van der Waals surface area contributed by atoms with Crippen LogP contribution in [0.15, 0.2) is 18.2 Å². The third-order valence-corrected chi connectivity index (χ3v) is 4.96. The van der Waals surface area contributed by atoms with Crippen LogP contribution in [0.2, 0.25) is 10.0 Å². The molecule has 0 aliphatic carbocycles. The third kappa shape index (κ3) is 3.90. The number of halogens is 2. The van der Waals surface area contributed by atoms with Gasteiger partial charge < -0.3 is 10.6 Å². The fraction of sp³-hybridized carbons (Fsp3) is 0.471. The predicted molar refractivity (Wildman–Crippen MR) is 96.6 cm³/mol. The summed E-state index contributed by atoms with van der Waals surface area (Å²) < 4.78 is 0. The Morgan fingerprint density at radius 3 is 2.52 bits per heavy atom. The molecular weight excluding hydrogens is 365 g/mol. The number of nitrogens with zero attached hydrogens (tertiary/aromatic N) is 1. The van der Waals surface area contributed by atoms with Crippen molar-refractivity contribution in [2.45, 2.75) is 45.2 Å². The van der Waals surface area contributed by atoms with Gasteiger partial charge in [0.2, 0.25) is 5.91 Å². The van der Waals surface area contributed by atoms with Crippen molar-refractivity contribution < 1.29 is 14.4 Å². The lowest BCUT2D eigenvalue weighted by atomic mass is 9.92. The van der Waals surface area contributed by atoms with Gasteiger partial charge in [0.15, 0.2) is 0 Å². The minimum Gasteiger partial charge on any atom is -0.350 e. The van der Waals surface area contributed by atoms with Crippen molar-refractivity contribution >= 4 is 41.0 Å². The van der Waals surface area contributed by atoms with Crippen LogP contribution in [0.25, 0.3) is 0 Å². The summed E-state index contributed by atoms with van der Waals surface area (Å²) in [5, 5.41) is 6.11. The number of carbonyl (C=O) groups excluding carboxylic acids is 3. The van der Waals surface area contributed by atoms with Crippen LogP contribution in [-0.2, 0) is 15.1 Å². The highest BCUT2D eigenvalue weighted by Gasteiger charge is 2.50. The number of carbonyl (C=O) groups is 3. The van der Waals surface area contributed by atoms with Gasteiger partial charge in [-0.2, -0.15) is 0 Å². The van der Waals surface area contributed by atoms with Crippen LogP contribution in [0.3, 0.4) is 0 Å². The van der Waals surface area contributed by atoms with Gasteiger partial charge in [0.05, 0.1) is 0 Å². The molecule has 1 aliphatic rings. The number of nitrogens with one attached hydrogen (secondary N) is 2. The van der Waals surface area contributed by atoms with Gasteiger partial charge in [0.1, 0.15) is 12.1 Å². The second-order valence-corrected chi connectivity index (χ2v) is 7.70. The molecule has 1 aliphatic heterocycles. The van der Waals surface area contributed by atoms with Crippen molar-refractivity contribution in [3.8, 4) is 0 Å². The van der Waals surface area contributed by atoms with E-state index in [1.54, 1.807) is 19.1 Å². The van der Waals surface area contributed by atoms with Gasteiger partial charge in [0.25, 0.3) is 5.91 Å². The first-order valence-electron chi connectivity index (χ1n) is 7.91. The van der Waals surface area contributed by atoms with E-state index in [4.69, 9.17) is 23.2 Å². The van der Waals surface area contributed by atoms with Crippen LogP contribution >= 0.6 is 23.2 Å². The average Bonchev–Trinajstić information content (AvgIpc) is 2.70. The molecule has 0 radical (unpaired) electrons. The molecule has 4 amide bonds. The summed E-state index contributed by atoms with van der Waals surface area (Å²) in [4.78, 5) is 38.2. The summed E-state index contributed by atoms with van der Waals surface area (Å²) >= 11 is 12.1. The molecule has 1 fully saturated rings. The van der Waals surface area contributed by atoms with E-state index in [1.165, 1.54) is 6.07 Å². The molecule has 2 rings (SSSR count). The number of hydrogen-bond acceptors (Lipinski definition) is 3. The highest BCUT2D eigenvalue weighted by molar-refractivity contribution is 6.35. The Bertz CT molecular complexity index is 736. The molecule has 6 nitrogen and oxygen atoms in total. The van der Waals surface area contributed by atoms with Crippen molar-refractivity contribution in [1.29, 1.82) is 0 Å². The van der Waals surface area contributed by atoms with E-state index in [-0.39, 0.29) is 11.6 Å². The van der Waals surface area contributed by atoms with Gasteiger partial charge in [-0.1, -0.05) is 36.2 Å². The van der Waals surface area contributed by atoms with Crippen LogP contribution in [0.4, 0.5) is 4.79 Å². The Morgan fingerprint density at radius 1 is 1.32 bits per heavy atom. The van der Waals surface area contributed by atoms with Crippen molar-refractivity contribution in [3.63, 3.8) is 0 Å². The van der Waals surface area contributed by atoms with Crippen LogP contribution < -0.4 is 10.6 Å². The van der Waals surface area contributed by atoms with E-state index in [2.05, 4.69) is 10.6 Å². The number of hydrogen-bond donors (Lipinski definition) is 2. The average molecular weight is 386 g/mol. The zero-order valence-corrected chi connectivity index (χ0v) is 16.1. The molecule has 0 bridgehead atoms. The molecule has 0 aromatic heterocycles. The molecule has 1 saturated heterocycles. The van der Waals surface area contributed by atoms with Crippen molar-refractivity contribution in [2.24, 2.45) is 0 Å². The molecule has 0 unspecified atom stereocenters. The Morgan fingerprint density at radius 2 is 1.96 bits per heavy atom. The van der Waals surface area contributed by atoms with E-state index < -0.39 is 28.9 Å². The van der Waals surface area contributed by atoms with Gasteiger partial charge in [-0.3, -0.25) is 14.5 Å². The molecule has 2 N–H and O–H groups in total. The van der Waals surface area contributed by atoms with Gasteiger partial charge in [-0.25, -0.2) is 4.79 Å². The topological polar surface area (TPSA) is 78.5 Å². The molecule has 136 valence electrons. The molecular formula is C17H21Cl2N3O3. The summed E-state index contributed by atoms with van der Waals surface area (Å²) in [6, 6.07) is 4.05. The standard InChI is InChI=1S/C17H21Cl2N3O3/c1-5-16(2,3)20-13(23)9-22-14(24)17(4,21-15(22)25)11-7-6-10(18)8-12(11)19/h6-8H,5,9H2,1-4H3,(H,20,23)(H,21,25)/t17-/m1/s1.